The van der Waals surface area contributed by atoms with E-state index in [0.717, 1.165) is 5.56 Å². The molecule has 164 valence electrons. The van der Waals surface area contributed by atoms with Crippen LogP contribution < -0.4 is 19.9 Å². The van der Waals surface area contributed by atoms with E-state index >= 15 is 0 Å². The molecular weight excluding hydrogens is 418 g/mol. The van der Waals surface area contributed by atoms with Gasteiger partial charge in [-0.15, -0.1) is 0 Å². The van der Waals surface area contributed by atoms with E-state index in [4.69, 9.17) is 9.47 Å². The average molecular weight is 439 g/mol. The van der Waals surface area contributed by atoms with E-state index in [1.165, 1.54) is 11.1 Å². The molecule has 3 aromatic carbocycles. The third-order valence-electron chi connectivity index (χ3n) is 5.01. The van der Waals surface area contributed by atoms with Crippen LogP contribution in [0.3, 0.4) is 0 Å². The van der Waals surface area contributed by atoms with Gasteiger partial charge in [0.1, 0.15) is 12.2 Å². The van der Waals surface area contributed by atoms with Crippen LogP contribution in [-0.4, -0.2) is 18.4 Å². The zero-order valence-corrected chi connectivity index (χ0v) is 17.9. The zero-order valence-electron chi connectivity index (χ0n) is 17.9. The summed E-state index contributed by atoms with van der Waals surface area (Å²) in [5.41, 5.74) is 5.13. The van der Waals surface area contributed by atoms with Gasteiger partial charge >= 0.3 is 0 Å². The average Bonchev–Trinajstić information content (AvgIpc) is 3.13. The quantitative estimate of drug-likeness (QED) is 0.444. The van der Waals surface area contributed by atoms with Crippen molar-refractivity contribution in [2.24, 2.45) is 0 Å². The van der Waals surface area contributed by atoms with Gasteiger partial charge in [0.2, 0.25) is 0 Å². The lowest BCUT2D eigenvalue weighted by molar-refractivity contribution is -0.117. The van der Waals surface area contributed by atoms with Crippen molar-refractivity contribution in [1.29, 1.82) is 5.26 Å². The van der Waals surface area contributed by atoms with Gasteiger partial charge in [-0.1, -0.05) is 42.5 Å². The van der Waals surface area contributed by atoms with Crippen molar-refractivity contribution in [3.05, 3.63) is 95.1 Å². The van der Waals surface area contributed by atoms with Gasteiger partial charge in [0, 0.05) is 5.56 Å². The Morgan fingerprint density at radius 3 is 2.48 bits per heavy atom. The molecule has 1 saturated heterocycles. The number of amides is 2. The fraction of sp³-hybridized carbons (Fsp3) is 0.115. The maximum absolute atomic E-state index is 12.8. The van der Waals surface area contributed by atoms with E-state index in [0.29, 0.717) is 34.9 Å². The Balaban J connectivity index is 1.57. The number of hydrogen-bond acceptors (Lipinski definition) is 5. The van der Waals surface area contributed by atoms with Gasteiger partial charge < -0.3 is 9.47 Å². The number of nitrogens with one attached hydrogen (secondary N) is 1. The van der Waals surface area contributed by atoms with E-state index in [2.05, 4.69) is 11.5 Å². The van der Waals surface area contributed by atoms with E-state index in [-0.39, 0.29) is 12.2 Å². The number of hydrogen-bond donors (Lipinski definition) is 1. The lowest BCUT2D eigenvalue weighted by Gasteiger charge is -2.14. The second-order valence-electron chi connectivity index (χ2n) is 7.17. The van der Waals surface area contributed by atoms with Gasteiger partial charge in [-0.25, -0.2) is 5.01 Å². The Hall–Kier alpha value is -4.57. The highest BCUT2D eigenvalue weighted by Crippen LogP contribution is 2.31. The number of carbonyl (C=O) groups excluding carboxylic acids is 2. The van der Waals surface area contributed by atoms with Gasteiger partial charge in [-0.2, -0.15) is 5.26 Å². The molecule has 0 atom stereocenters. The molecule has 1 N–H and O–H groups in total. The normalized spacial score (nSPS) is 14.2. The molecule has 0 aromatic heterocycles. The van der Waals surface area contributed by atoms with Crippen LogP contribution in [0.15, 0.2) is 78.4 Å². The summed E-state index contributed by atoms with van der Waals surface area (Å²) in [5.74, 6) is 0.0692. The van der Waals surface area contributed by atoms with Crippen LogP contribution in [0.1, 0.15) is 23.6 Å². The Bertz CT molecular complexity index is 1260. The highest BCUT2D eigenvalue weighted by atomic mass is 16.5. The van der Waals surface area contributed by atoms with Crippen LogP contribution in [0.4, 0.5) is 5.69 Å². The standard InChI is InChI=1S/C26H21N3O4/c1-2-32-24-15-18(12-13-23(24)33-17-20-9-7-6-8-19(20)16-27)14-22-25(30)28-29(26(22)31)21-10-4-3-5-11-21/h3-15H,2,17H2,1H3,(H,28,30)/b22-14-. The van der Waals surface area contributed by atoms with Crippen LogP contribution in [0, 0.1) is 11.3 Å². The molecule has 1 aliphatic rings. The molecule has 0 bridgehead atoms. The third-order valence-corrected chi connectivity index (χ3v) is 5.01. The lowest BCUT2D eigenvalue weighted by atomic mass is 10.1. The molecule has 1 aliphatic heterocycles. The summed E-state index contributed by atoms with van der Waals surface area (Å²) in [4.78, 5) is 25.3. The molecular formula is C26H21N3O4. The molecule has 7 heteroatoms. The molecule has 1 heterocycles. The highest BCUT2D eigenvalue weighted by Gasteiger charge is 2.34. The predicted octanol–water partition coefficient (Wildman–Crippen LogP) is 4.00. The van der Waals surface area contributed by atoms with Crippen molar-refractivity contribution in [2.75, 3.05) is 11.6 Å². The molecule has 1 fully saturated rings. The summed E-state index contributed by atoms with van der Waals surface area (Å²) in [5, 5.41) is 10.5. The van der Waals surface area contributed by atoms with Gasteiger partial charge in [0.05, 0.1) is 23.9 Å². The number of benzene rings is 3. The number of ether oxygens (including phenoxy) is 2. The van der Waals surface area contributed by atoms with Crippen molar-refractivity contribution in [2.45, 2.75) is 13.5 Å². The summed E-state index contributed by atoms with van der Waals surface area (Å²) in [7, 11) is 0. The van der Waals surface area contributed by atoms with Crippen LogP contribution in [0.25, 0.3) is 6.08 Å². The Morgan fingerprint density at radius 1 is 0.970 bits per heavy atom. The molecule has 4 rings (SSSR count). The summed E-state index contributed by atoms with van der Waals surface area (Å²) < 4.78 is 11.6. The van der Waals surface area contributed by atoms with E-state index < -0.39 is 11.8 Å². The van der Waals surface area contributed by atoms with E-state index in [9.17, 15) is 14.9 Å². The second kappa shape index (κ2) is 9.71. The second-order valence-corrected chi connectivity index (χ2v) is 7.17. The van der Waals surface area contributed by atoms with Crippen molar-refractivity contribution >= 4 is 23.6 Å². The highest BCUT2D eigenvalue weighted by molar-refractivity contribution is 6.31. The van der Waals surface area contributed by atoms with Gasteiger partial charge in [0.25, 0.3) is 11.8 Å². The molecule has 0 saturated carbocycles. The lowest BCUT2D eigenvalue weighted by Crippen LogP contribution is -2.35. The number of nitrogens with zero attached hydrogens (tertiary/aromatic N) is 2. The first kappa shape index (κ1) is 21.7. The predicted molar refractivity (Wildman–Crippen MR) is 123 cm³/mol. The Morgan fingerprint density at radius 2 is 1.73 bits per heavy atom. The van der Waals surface area contributed by atoms with Crippen molar-refractivity contribution < 1.29 is 19.1 Å². The molecule has 2 amide bonds. The number of anilines is 1. The maximum atomic E-state index is 12.8. The fourth-order valence-corrected chi connectivity index (χ4v) is 3.40. The number of carbonyl (C=O) groups is 2. The summed E-state index contributed by atoms with van der Waals surface area (Å²) >= 11 is 0. The van der Waals surface area contributed by atoms with Crippen LogP contribution in [-0.2, 0) is 16.2 Å². The Kier molecular flexibility index (Phi) is 6.37. The minimum atomic E-state index is -0.477. The van der Waals surface area contributed by atoms with Gasteiger partial charge in [-0.05, 0) is 48.9 Å². The first-order valence-electron chi connectivity index (χ1n) is 10.4. The molecule has 3 aromatic rings. The molecule has 0 aliphatic carbocycles. The van der Waals surface area contributed by atoms with Crippen LogP contribution in [0.2, 0.25) is 0 Å². The first-order valence-corrected chi connectivity index (χ1v) is 10.4. The zero-order chi connectivity index (χ0) is 23.2. The van der Waals surface area contributed by atoms with Crippen molar-refractivity contribution in [3.63, 3.8) is 0 Å². The maximum Gasteiger partial charge on any atom is 0.282 e. The summed E-state index contributed by atoms with van der Waals surface area (Å²) in [6.07, 6.45) is 1.53. The van der Waals surface area contributed by atoms with E-state index in [1.54, 1.807) is 54.6 Å². The molecule has 0 spiro atoms. The Labute approximate surface area is 191 Å². The van der Waals surface area contributed by atoms with Crippen molar-refractivity contribution in [1.82, 2.24) is 5.43 Å². The largest absolute Gasteiger partial charge is 0.490 e. The monoisotopic (exact) mass is 439 g/mol. The smallest absolute Gasteiger partial charge is 0.282 e. The fourth-order valence-electron chi connectivity index (χ4n) is 3.40. The molecule has 0 unspecified atom stereocenters. The molecule has 33 heavy (non-hydrogen) atoms. The number of hydrazine groups is 1. The third kappa shape index (κ3) is 4.70. The number of para-hydroxylation sites is 1. The summed E-state index contributed by atoms with van der Waals surface area (Å²) in [6, 6.07) is 23.4. The molecule has 7 nitrogen and oxygen atoms in total. The molecule has 0 radical (unpaired) electrons. The van der Waals surface area contributed by atoms with Gasteiger partial charge in [0.15, 0.2) is 11.5 Å². The van der Waals surface area contributed by atoms with Crippen molar-refractivity contribution in [3.8, 4) is 17.6 Å². The van der Waals surface area contributed by atoms with E-state index in [1.807, 2.05) is 25.1 Å². The van der Waals surface area contributed by atoms with Gasteiger partial charge in [-0.3, -0.25) is 15.0 Å². The van der Waals surface area contributed by atoms with Crippen LogP contribution >= 0.6 is 0 Å². The number of nitriles is 1. The number of rotatable bonds is 7. The SMILES string of the molecule is CCOc1cc(/C=C2/C(=O)NN(c3ccccc3)C2=O)ccc1OCc1ccccc1C#N. The first-order chi connectivity index (χ1) is 16.1. The topological polar surface area (TPSA) is 91.7 Å². The summed E-state index contributed by atoms with van der Waals surface area (Å²) in [6.45, 7) is 2.47. The minimum absolute atomic E-state index is 0.0258. The van der Waals surface area contributed by atoms with Crippen LogP contribution in [0.5, 0.6) is 11.5 Å². The minimum Gasteiger partial charge on any atom is -0.490 e.